The van der Waals surface area contributed by atoms with Gasteiger partial charge in [0.1, 0.15) is 6.54 Å². The van der Waals surface area contributed by atoms with E-state index < -0.39 is 0 Å². The van der Waals surface area contributed by atoms with Crippen LogP contribution in [-0.4, -0.2) is 31.4 Å². The van der Waals surface area contributed by atoms with Crippen LogP contribution in [0, 0.1) is 6.92 Å². The maximum absolute atomic E-state index is 12.1. The zero-order valence-electron chi connectivity index (χ0n) is 15.9. The summed E-state index contributed by atoms with van der Waals surface area (Å²) in [5.41, 5.74) is 3.99. The van der Waals surface area contributed by atoms with E-state index in [0.29, 0.717) is 12.1 Å². The predicted molar refractivity (Wildman–Crippen MR) is 105 cm³/mol. The summed E-state index contributed by atoms with van der Waals surface area (Å²) in [5.74, 6) is -0.427. The number of quaternary nitrogens is 1. The van der Waals surface area contributed by atoms with Crippen molar-refractivity contribution in [1.29, 1.82) is 0 Å². The number of rotatable bonds is 7. The maximum atomic E-state index is 12.1. The molecule has 3 rings (SSSR count). The summed E-state index contributed by atoms with van der Waals surface area (Å²) in [4.78, 5) is 25.7. The molecule has 0 aliphatic carbocycles. The van der Waals surface area contributed by atoms with Crippen LogP contribution in [0.25, 0.3) is 0 Å². The first-order valence-corrected chi connectivity index (χ1v) is 9.63. The van der Waals surface area contributed by atoms with Crippen molar-refractivity contribution in [3.63, 3.8) is 0 Å². The molecule has 0 spiro atoms. The minimum atomic E-state index is -0.234. The molecule has 2 aromatic rings. The van der Waals surface area contributed by atoms with Crippen molar-refractivity contribution in [2.45, 2.75) is 32.9 Å². The topological polar surface area (TPSA) is 62.6 Å². The Morgan fingerprint density at radius 1 is 0.963 bits per heavy atom. The quantitative estimate of drug-likeness (QED) is 0.690. The van der Waals surface area contributed by atoms with Crippen LogP contribution in [0.4, 0.5) is 0 Å². The number of benzene rings is 2. The van der Waals surface area contributed by atoms with E-state index in [1.807, 2.05) is 19.1 Å². The molecule has 2 amide bonds. The largest absolute Gasteiger partial charge is 0.350 e. The highest BCUT2D eigenvalue weighted by Crippen LogP contribution is 2.05. The Balaban J connectivity index is 1.40. The van der Waals surface area contributed by atoms with Gasteiger partial charge in [-0.2, -0.15) is 0 Å². The third kappa shape index (κ3) is 5.93. The maximum Gasteiger partial charge on any atom is 0.251 e. The number of nitrogens with one attached hydrogen (secondary N) is 3. The molecule has 0 saturated carbocycles. The number of amides is 2. The van der Waals surface area contributed by atoms with Gasteiger partial charge in [-0.25, -0.2) is 0 Å². The van der Waals surface area contributed by atoms with Crippen LogP contribution in [0.15, 0.2) is 48.5 Å². The van der Waals surface area contributed by atoms with Crippen molar-refractivity contribution in [1.82, 2.24) is 10.6 Å². The smallest absolute Gasteiger partial charge is 0.251 e. The number of carbonyl (C=O) groups is 2. The van der Waals surface area contributed by atoms with E-state index in [4.69, 9.17) is 0 Å². The lowest BCUT2D eigenvalue weighted by Gasteiger charge is -2.12. The van der Waals surface area contributed by atoms with Gasteiger partial charge in [-0.3, -0.25) is 9.59 Å². The van der Waals surface area contributed by atoms with Gasteiger partial charge in [-0.15, -0.1) is 0 Å². The molecule has 0 aromatic heterocycles. The van der Waals surface area contributed by atoms with Gasteiger partial charge in [0.05, 0.1) is 19.6 Å². The van der Waals surface area contributed by atoms with Crippen molar-refractivity contribution in [2.75, 3.05) is 19.6 Å². The number of hydrogen-bond acceptors (Lipinski definition) is 2. The first-order valence-electron chi connectivity index (χ1n) is 9.63. The van der Waals surface area contributed by atoms with Crippen LogP contribution < -0.4 is 15.5 Å². The number of likely N-dealkylation sites (tertiary alicyclic amines) is 1. The molecule has 27 heavy (non-hydrogen) atoms. The van der Waals surface area contributed by atoms with Crippen molar-refractivity contribution >= 4 is 11.8 Å². The minimum Gasteiger partial charge on any atom is -0.350 e. The SMILES string of the molecule is Cc1cccc(C(=O)NCC(=O)NCc2ccc(C[NH+]3CCCC3)cc2)c1. The standard InChI is InChI=1S/C22H27N3O2/c1-17-5-4-6-20(13-17)22(27)24-15-21(26)23-14-18-7-9-19(10-8-18)16-25-11-2-3-12-25/h4-10,13H,2-3,11-12,14-16H2,1H3,(H,23,26)(H,24,27)/p+1. The molecule has 1 heterocycles. The summed E-state index contributed by atoms with van der Waals surface area (Å²) in [7, 11) is 0. The number of hydrogen-bond donors (Lipinski definition) is 3. The molecule has 5 heteroatoms. The van der Waals surface area contributed by atoms with Crippen LogP contribution in [-0.2, 0) is 17.9 Å². The van der Waals surface area contributed by atoms with Crippen LogP contribution in [0.2, 0.25) is 0 Å². The second kappa shape index (κ2) is 9.33. The summed E-state index contributed by atoms with van der Waals surface area (Å²) in [6.45, 7) is 6.00. The molecule has 1 aliphatic rings. The van der Waals surface area contributed by atoms with Crippen LogP contribution in [0.1, 0.15) is 39.9 Å². The van der Waals surface area contributed by atoms with Crippen LogP contribution in [0.5, 0.6) is 0 Å². The summed E-state index contributed by atoms with van der Waals surface area (Å²) in [6, 6.07) is 15.7. The Hall–Kier alpha value is -2.66. The third-order valence-electron chi connectivity index (χ3n) is 4.97. The molecule has 0 bridgehead atoms. The van der Waals surface area contributed by atoms with E-state index in [1.54, 1.807) is 17.0 Å². The normalized spacial score (nSPS) is 14.1. The molecule has 5 nitrogen and oxygen atoms in total. The average Bonchev–Trinajstić information content (AvgIpc) is 3.18. The Morgan fingerprint density at radius 3 is 2.37 bits per heavy atom. The molecule has 3 N–H and O–H groups in total. The molecule has 0 unspecified atom stereocenters. The second-order valence-electron chi connectivity index (χ2n) is 7.28. The summed E-state index contributed by atoms with van der Waals surface area (Å²) in [6.07, 6.45) is 2.67. The van der Waals surface area contributed by atoms with Gasteiger partial charge in [0.15, 0.2) is 0 Å². The van der Waals surface area contributed by atoms with E-state index in [0.717, 1.165) is 17.7 Å². The molecule has 2 aromatic carbocycles. The highest BCUT2D eigenvalue weighted by atomic mass is 16.2. The van der Waals surface area contributed by atoms with Crippen molar-refractivity contribution in [2.24, 2.45) is 0 Å². The van der Waals surface area contributed by atoms with Crippen LogP contribution in [0.3, 0.4) is 0 Å². The Labute approximate surface area is 160 Å². The van der Waals surface area contributed by atoms with E-state index >= 15 is 0 Å². The van der Waals surface area contributed by atoms with Crippen molar-refractivity contribution in [3.05, 3.63) is 70.8 Å². The van der Waals surface area contributed by atoms with Gasteiger partial charge < -0.3 is 15.5 Å². The zero-order valence-corrected chi connectivity index (χ0v) is 15.9. The van der Waals surface area contributed by atoms with E-state index in [1.165, 1.54) is 31.5 Å². The van der Waals surface area contributed by atoms with E-state index in [2.05, 4.69) is 34.9 Å². The second-order valence-corrected chi connectivity index (χ2v) is 7.28. The fourth-order valence-corrected chi connectivity index (χ4v) is 3.43. The van der Waals surface area contributed by atoms with Gasteiger partial charge in [-0.1, -0.05) is 42.0 Å². The van der Waals surface area contributed by atoms with Gasteiger partial charge in [0.25, 0.3) is 5.91 Å². The third-order valence-corrected chi connectivity index (χ3v) is 4.97. The first kappa shape index (κ1) is 19.1. The van der Waals surface area contributed by atoms with Gasteiger partial charge in [-0.05, 0) is 24.6 Å². The average molecular weight is 366 g/mol. The highest BCUT2D eigenvalue weighted by Gasteiger charge is 2.15. The van der Waals surface area contributed by atoms with E-state index in [-0.39, 0.29) is 18.4 Å². The molecule has 0 radical (unpaired) electrons. The Kier molecular flexibility index (Phi) is 6.60. The van der Waals surface area contributed by atoms with Crippen molar-refractivity contribution < 1.29 is 14.5 Å². The minimum absolute atomic E-state index is 0.0246. The van der Waals surface area contributed by atoms with Crippen molar-refractivity contribution in [3.8, 4) is 0 Å². The first-order chi connectivity index (χ1) is 13.1. The van der Waals surface area contributed by atoms with Gasteiger partial charge in [0.2, 0.25) is 5.91 Å². The molecule has 1 fully saturated rings. The lowest BCUT2D eigenvalue weighted by atomic mass is 10.1. The predicted octanol–water partition coefficient (Wildman–Crippen LogP) is 1.22. The highest BCUT2D eigenvalue weighted by molar-refractivity contribution is 5.96. The molecule has 0 atom stereocenters. The molecule has 1 saturated heterocycles. The summed E-state index contributed by atoms with van der Waals surface area (Å²) < 4.78 is 0. The van der Waals surface area contributed by atoms with Gasteiger partial charge in [0, 0.05) is 30.5 Å². The lowest BCUT2D eigenvalue weighted by Crippen LogP contribution is -3.08. The van der Waals surface area contributed by atoms with Gasteiger partial charge >= 0.3 is 0 Å². The molecular weight excluding hydrogens is 338 g/mol. The molecular formula is C22H28N3O2+. The Morgan fingerprint density at radius 2 is 1.67 bits per heavy atom. The monoisotopic (exact) mass is 366 g/mol. The summed E-state index contributed by atoms with van der Waals surface area (Å²) in [5, 5.41) is 5.51. The molecule has 142 valence electrons. The van der Waals surface area contributed by atoms with E-state index in [9.17, 15) is 9.59 Å². The van der Waals surface area contributed by atoms with Crippen LogP contribution >= 0.6 is 0 Å². The Bertz CT molecular complexity index is 780. The molecule has 1 aliphatic heterocycles. The fourth-order valence-electron chi connectivity index (χ4n) is 3.43. The lowest BCUT2D eigenvalue weighted by molar-refractivity contribution is -0.901. The number of aryl methyl sites for hydroxylation is 1. The fraction of sp³-hybridized carbons (Fsp3) is 0.364. The summed E-state index contributed by atoms with van der Waals surface area (Å²) >= 11 is 0. The zero-order chi connectivity index (χ0) is 19.1. The number of carbonyl (C=O) groups excluding carboxylic acids is 2.